The van der Waals surface area contributed by atoms with Gasteiger partial charge in [-0.05, 0) is 44.1 Å². The number of unbranched alkanes of at least 4 members (excludes halogenated alkanes) is 1. The highest BCUT2D eigenvalue weighted by Crippen LogP contribution is 2.29. The van der Waals surface area contributed by atoms with Gasteiger partial charge in [-0.25, -0.2) is 13.1 Å². The summed E-state index contributed by atoms with van der Waals surface area (Å²) in [4.78, 5) is 20.5. The average molecular weight is 408 g/mol. The highest BCUT2D eigenvalue weighted by molar-refractivity contribution is 7.89. The molecule has 0 aromatic heterocycles. The van der Waals surface area contributed by atoms with E-state index in [1.165, 1.54) is 24.3 Å². The molecule has 1 aliphatic rings. The Bertz CT molecular complexity index is 876. The second-order valence-electron chi connectivity index (χ2n) is 6.59. The number of carboxylic acids is 1. The van der Waals surface area contributed by atoms with Crippen LogP contribution in [0.2, 0.25) is 0 Å². The van der Waals surface area contributed by atoms with Gasteiger partial charge in [0.15, 0.2) is 4.90 Å². The van der Waals surface area contributed by atoms with Gasteiger partial charge in [0, 0.05) is 19.0 Å². The van der Waals surface area contributed by atoms with Gasteiger partial charge in [-0.2, -0.15) is 0 Å². The maximum Gasteiger partial charge on any atom is 0.303 e. The van der Waals surface area contributed by atoms with Crippen molar-refractivity contribution in [1.29, 1.82) is 0 Å². The predicted octanol–water partition coefficient (Wildman–Crippen LogP) is 3.41. The zero-order valence-electron chi connectivity index (χ0n) is 15.4. The van der Waals surface area contributed by atoms with Gasteiger partial charge in [0.05, 0.1) is 4.92 Å². The van der Waals surface area contributed by atoms with Crippen LogP contribution in [0, 0.1) is 16.0 Å². The second kappa shape index (κ2) is 10.1. The number of allylic oxidation sites excluding steroid dienone is 3. The summed E-state index contributed by atoms with van der Waals surface area (Å²) in [6.07, 6.45) is 9.79. The van der Waals surface area contributed by atoms with Crippen molar-refractivity contribution in [3.63, 3.8) is 0 Å². The summed E-state index contributed by atoms with van der Waals surface area (Å²) < 4.78 is 27.5. The maximum absolute atomic E-state index is 12.5. The van der Waals surface area contributed by atoms with Crippen LogP contribution in [0.5, 0.6) is 0 Å². The molecular weight excluding hydrogens is 384 g/mol. The Morgan fingerprint density at radius 1 is 1.32 bits per heavy atom. The Hall–Kier alpha value is -2.52. The third-order valence-corrected chi connectivity index (χ3v) is 6.07. The van der Waals surface area contributed by atoms with E-state index in [1.807, 2.05) is 12.2 Å². The first-order chi connectivity index (χ1) is 13.3. The van der Waals surface area contributed by atoms with Gasteiger partial charge in [-0.15, -0.1) is 0 Å². The lowest BCUT2D eigenvalue weighted by Crippen LogP contribution is -2.29. The molecule has 152 valence electrons. The first-order valence-corrected chi connectivity index (χ1v) is 10.6. The largest absolute Gasteiger partial charge is 0.481 e. The minimum atomic E-state index is -3.98. The fourth-order valence-electron chi connectivity index (χ4n) is 3.14. The number of sulfonamides is 1. The van der Waals surface area contributed by atoms with Crippen molar-refractivity contribution in [2.24, 2.45) is 5.92 Å². The van der Waals surface area contributed by atoms with Crippen LogP contribution in [0.4, 0.5) is 5.69 Å². The van der Waals surface area contributed by atoms with Crippen molar-refractivity contribution in [1.82, 2.24) is 4.72 Å². The Balaban J connectivity index is 1.91. The van der Waals surface area contributed by atoms with Crippen LogP contribution >= 0.6 is 0 Å². The number of nitrogens with zero attached hydrogens (tertiary/aromatic N) is 1. The SMILES string of the molecule is O=C(O)CCC/C=C\CC1=CCC[C@@H]1CNS(=O)(=O)c1ccccc1[N+](=O)[O-]. The van der Waals surface area contributed by atoms with E-state index < -0.39 is 26.6 Å². The van der Waals surface area contributed by atoms with Crippen LogP contribution in [0.3, 0.4) is 0 Å². The minimum absolute atomic E-state index is 0.0428. The van der Waals surface area contributed by atoms with Crippen LogP contribution in [-0.4, -0.2) is 31.0 Å². The summed E-state index contributed by atoms with van der Waals surface area (Å²) >= 11 is 0. The van der Waals surface area contributed by atoms with E-state index in [9.17, 15) is 23.3 Å². The van der Waals surface area contributed by atoms with Gasteiger partial charge in [-0.3, -0.25) is 14.9 Å². The van der Waals surface area contributed by atoms with Crippen molar-refractivity contribution in [2.75, 3.05) is 6.54 Å². The molecule has 28 heavy (non-hydrogen) atoms. The molecule has 9 heteroatoms. The van der Waals surface area contributed by atoms with Gasteiger partial charge in [0.25, 0.3) is 5.69 Å². The van der Waals surface area contributed by atoms with Crippen LogP contribution in [0.25, 0.3) is 0 Å². The predicted molar refractivity (Wildman–Crippen MR) is 104 cm³/mol. The number of carboxylic acid groups (broad SMARTS) is 1. The number of hydrogen-bond donors (Lipinski definition) is 2. The molecule has 0 saturated heterocycles. The highest BCUT2D eigenvalue weighted by Gasteiger charge is 2.27. The van der Waals surface area contributed by atoms with E-state index in [1.54, 1.807) is 0 Å². The molecule has 0 radical (unpaired) electrons. The number of carbonyl (C=O) groups is 1. The molecule has 2 N–H and O–H groups in total. The van der Waals surface area contributed by atoms with E-state index in [2.05, 4.69) is 10.8 Å². The number of nitro benzene ring substituents is 1. The molecule has 8 nitrogen and oxygen atoms in total. The molecule has 0 amide bonds. The van der Waals surface area contributed by atoms with Crippen molar-refractivity contribution < 1.29 is 23.2 Å². The molecule has 0 aliphatic heterocycles. The first kappa shape index (κ1) is 21.8. The summed E-state index contributed by atoms with van der Waals surface area (Å²) in [6, 6.07) is 5.28. The van der Waals surface area contributed by atoms with Crippen LogP contribution in [0.1, 0.15) is 38.5 Å². The molecule has 2 rings (SSSR count). The summed E-state index contributed by atoms with van der Waals surface area (Å²) in [7, 11) is -3.98. The molecule has 0 fully saturated rings. The number of nitro groups is 1. The number of rotatable bonds is 11. The average Bonchev–Trinajstić information content (AvgIpc) is 3.10. The summed E-state index contributed by atoms with van der Waals surface area (Å²) in [6.45, 7) is 0.188. The molecule has 0 spiro atoms. The molecule has 1 atom stereocenters. The highest BCUT2D eigenvalue weighted by atomic mass is 32.2. The third-order valence-electron chi connectivity index (χ3n) is 4.60. The first-order valence-electron chi connectivity index (χ1n) is 9.10. The summed E-state index contributed by atoms with van der Waals surface area (Å²) in [5.41, 5.74) is 0.682. The Labute approximate surface area is 164 Å². The molecule has 1 aromatic carbocycles. The van der Waals surface area contributed by atoms with E-state index >= 15 is 0 Å². The fraction of sp³-hybridized carbons (Fsp3) is 0.421. The van der Waals surface area contributed by atoms with Crippen molar-refractivity contribution in [2.45, 2.75) is 43.4 Å². The summed E-state index contributed by atoms with van der Waals surface area (Å²) in [5, 5.41) is 19.7. The zero-order chi connectivity index (χ0) is 20.6. The lowest BCUT2D eigenvalue weighted by molar-refractivity contribution is -0.387. The molecule has 1 aliphatic carbocycles. The van der Waals surface area contributed by atoms with E-state index in [0.29, 0.717) is 19.3 Å². The minimum Gasteiger partial charge on any atom is -0.481 e. The molecule has 1 aromatic rings. The monoisotopic (exact) mass is 408 g/mol. The lowest BCUT2D eigenvalue weighted by atomic mass is 9.99. The third kappa shape index (κ3) is 6.28. The normalized spacial score (nSPS) is 17.0. The van der Waals surface area contributed by atoms with Gasteiger partial charge in [0.1, 0.15) is 0 Å². The number of para-hydroxylation sites is 1. The Morgan fingerprint density at radius 3 is 2.79 bits per heavy atom. The van der Waals surface area contributed by atoms with Gasteiger partial charge in [0.2, 0.25) is 10.0 Å². The quantitative estimate of drug-likeness (QED) is 0.250. The number of aliphatic carboxylic acids is 1. The standard InChI is InChI=1S/C19H24N2O6S/c22-19(23)13-4-2-1-3-8-15-9-7-10-16(15)14-20-28(26,27)18-12-6-5-11-17(18)21(24)25/h1,3,5-6,9,11-12,16,20H,2,4,7-8,10,13-14H2,(H,22,23)/b3-1-/t16-/m1/s1. The van der Waals surface area contributed by atoms with E-state index in [-0.39, 0.29) is 23.8 Å². The van der Waals surface area contributed by atoms with Crippen molar-refractivity contribution in [3.8, 4) is 0 Å². The van der Waals surface area contributed by atoms with Crippen molar-refractivity contribution in [3.05, 3.63) is 58.2 Å². The number of nitrogens with one attached hydrogen (secondary N) is 1. The summed E-state index contributed by atoms with van der Waals surface area (Å²) in [5.74, 6) is -0.765. The molecule has 0 heterocycles. The van der Waals surface area contributed by atoms with E-state index in [0.717, 1.165) is 18.4 Å². The van der Waals surface area contributed by atoms with Gasteiger partial charge < -0.3 is 5.11 Å². The van der Waals surface area contributed by atoms with Crippen LogP contribution in [-0.2, 0) is 14.8 Å². The molecule has 0 saturated carbocycles. The maximum atomic E-state index is 12.5. The number of hydrogen-bond acceptors (Lipinski definition) is 5. The smallest absolute Gasteiger partial charge is 0.303 e. The molecule has 0 unspecified atom stereocenters. The lowest BCUT2D eigenvalue weighted by Gasteiger charge is -2.15. The molecular formula is C19H24N2O6S. The number of benzene rings is 1. The Morgan fingerprint density at radius 2 is 2.07 bits per heavy atom. The topological polar surface area (TPSA) is 127 Å². The zero-order valence-corrected chi connectivity index (χ0v) is 16.2. The Kier molecular flexibility index (Phi) is 7.89. The fourth-order valence-corrected chi connectivity index (χ4v) is 4.39. The van der Waals surface area contributed by atoms with Gasteiger partial charge in [-0.1, -0.05) is 35.9 Å². The van der Waals surface area contributed by atoms with E-state index in [4.69, 9.17) is 5.11 Å². The van der Waals surface area contributed by atoms with Gasteiger partial charge >= 0.3 is 5.97 Å². The molecule has 0 bridgehead atoms. The second-order valence-corrected chi connectivity index (χ2v) is 8.33. The van der Waals surface area contributed by atoms with Crippen LogP contribution in [0.15, 0.2) is 53.0 Å². The van der Waals surface area contributed by atoms with Crippen molar-refractivity contribution >= 4 is 21.7 Å². The van der Waals surface area contributed by atoms with Crippen LogP contribution < -0.4 is 4.72 Å².